The molecule has 1 aromatic heterocycles. The molecule has 0 aliphatic rings. The van der Waals surface area contributed by atoms with Crippen LogP contribution in [0.3, 0.4) is 0 Å². The molecule has 0 aliphatic carbocycles. The molecule has 1 N–H and O–H groups in total. The number of hydrogen-bond acceptors (Lipinski definition) is 4. The number of rotatable bonds is 4. The monoisotopic (exact) mass is 388 g/mol. The minimum absolute atomic E-state index is 0.257. The quantitative estimate of drug-likeness (QED) is 0.730. The molecule has 2 rings (SSSR count). The van der Waals surface area contributed by atoms with Gasteiger partial charge in [0.25, 0.3) is 5.91 Å². The molecule has 1 aromatic carbocycles. The maximum atomic E-state index is 12.0. The van der Waals surface area contributed by atoms with E-state index < -0.39 is 5.91 Å². The van der Waals surface area contributed by atoms with Crippen molar-refractivity contribution in [2.75, 3.05) is 11.9 Å². The number of nitriles is 1. The summed E-state index contributed by atoms with van der Waals surface area (Å²) in [6.45, 7) is 3.47. The van der Waals surface area contributed by atoms with E-state index in [1.807, 2.05) is 13.8 Å². The van der Waals surface area contributed by atoms with Gasteiger partial charge in [-0.1, -0.05) is 34.8 Å². The second kappa shape index (κ2) is 7.41. The minimum atomic E-state index is -0.398. The van der Waals surface area contributed by atoms with Crippen molar-refractivity contribution in [3.05, 3.63) is 43.2 Å². The lowest BCUT2D eigenvalue weighted by atomic mass is 10.2. The van der Waals surface area contributed by atoms with Crippen molar-refractivity contribution in [2.24, 2.45) is 0 Å². The molecule has 0 saturated carbocycles. The first kappa shape index (κ1) is 17.9. The summed E-state index contributed by atoms with van der Waals surface area (Å²) in [5, 5.41) is 13.2. The Labute approximate surface area is 152 Å². The second-order valence-corrected chi connectivity index (χ2v) is 7.08. The van der Waals surface area contributed by atoms with Gasteiger partial charge in [-0.15, -0.1) is 11.3 Å². The number of aryl methyl sites for hydroxylation is 1. The summed E-state index contributed by atoms with van der Waals surface area (Å²) in [5.74, 6) is -0.139. The largest absolute Gasteiger partial charge is 0.482 e. The second-order valence-electron chi connectivity index (χ2n) is 4.63. The Morgan fingerprint density at radius 3 is 2.57 bits per heavy atom. The van der Waals surface area contributed by atoms with Crippen molar-refractivity contribution in [3.63, 3.8) is 0 Å². The van der Waals surface area contributed by atoms with Crippen LogP contribution in [0.1, 0.15) is 16.0 Å². The summed E-state index contributed by atoms with van der Waals surface area (Å²) in [6.07, 6.45) is 0. The average molecular weight is 390 g/mol. The Morgan fingerprint density at radius 1 is 1.26 bits per heavy atom. The Balaban J connectivity index is 2.06. The van der Waals surface area contributed by atoms with Crippen molar-refractivity contribution in [1.29, 1.82) is 5.26 Å². The van der Waals surface area contributed by atoms with Crippen LogP contribution in [-0.2, 0) is 4.79 Å². The van der Waals surface area contributed by atoms with E-state index in [9.17, 15) is 4.79 Å². The van der Waals surface area contributed by atoms with E-state index in [1.165, 1.54) is 23.5 Å². The van der Waals surface area contributed by atoms with Crippen molar-refractivity contribution in [3.8, 4) is 11.8 Å². The van der Waals surface area contributed by atoms with Crippen molar-refractivity contribution < 1.29 is 9.53 Å². The molecule has 0 unspecified atom stereocenters. The fraction of sp³-hybridized carbons (Fsp3) is 0.200. The molecule has 1 heterocycles. The summed E-state index contributed by atoms with van der Waals surface area (Å²) in [5.41, 5.74) is 1.33. The van der Waals surface area contributed by atoms with E-state index in [4.69, 9.17) is 44.8 Å². The van der Waals surface area contributed by atoms with Gasteiger partial charge in [-0.25, -0.2) is 0 Å². The molecule has 0 bridgehead atoms. The summed E-state index contributed by atoms with van der Waals surface area (Å²) in [7, 11) is 0. The van der Waals surface area contributed by atoms with E-state index in [0.717, 1.165) is 10.4 Å². The van der Waals surface area contributed by atoms with Crippen LogP contribution in [0.25, 0.3) is 0 Å². The van der Waals surface area contributed by atoms with Crippen LogP contribution in [-0.4, -0.2) is 12.5 Å². The van der Waals surface area contributed by atoms with Crippen LogP contribution in [0.2, 0.25) is 15.1 Å². The smallest absolute Gasteiger partial charge is 0.262 e. The first-order chi connectivity index (χ1) is 10.8. The number of carbonyl (C=O) groups excluding carboxylic acids is 1. The fourth-order valence-electron chi connectivity index (χ4n) is 1.77. The molecule has 120 valence electrons. The molecule has 0 fully saturated rings. The van der Waals surface area contributed by atoms with E-state index in [-0.39, 0.29) is 22.4 Å². The predicted molar refractivity (Wildman–Crippen MR) is 94.1 cm³/mol. The topological polar surface area (TPSA) is 62.1 Å². The number of thiophene rings is 1. The number of benzene rings is 1. The van der Waals surface area contributed by atoms with Gasteiger partial charge in [0, 0.05) is 10.9 Å². The zero-order chi connectivity index (χ0) is 17.1. The third-order valence-corrected chi connectivity index (χ3v) is 5.22. The van der Waals surface area contributed by atoms with E-state index in [2.05, 4.69) is 11.4 Å². The highest BCUT2D eigenvalue weighted by Crippen LogP contribution is 2.34. The number of halogens is 3. The Morgan fingerprint density at radius 2 is 1.91 bits per heavy atom. The van der Waals surface area contributed by atoms with Gasteiger partial charge in [0.15, 0.2) is 6.61 Å². The third kappa shape index (κ3) is 4.10. The average Bonchev–Trinajstić information content (AvgIpc) is 2.75. The lowest BCUT2D eigenvalue weighted by molar-refractivity contribution is -0.118. The number of amides is 1. The minimum Gasteiger partial charge on any atom is -0.482 e. The Bertz CT molecular complexity index is 812. The van der Waals surface area contributed by atoms with E-state index in [1.54, 1.807) is 0 Å². The van der Waals surface area contributed by atoms with E-state index >= 15 is 0 Å². The molecule has 0 spiro atoms. The van der Waals surface area contributed by atoms with E-state index in [0.29, 0.717) is 15.6 Å². The zero-order valence-electron chi connectivity index (χ0n) is 12.2. The number of anilines is 1. The maximum absolute atomic E-state index is 12.0. The number of ether oxygens (including phenoxy) is 1. The zero-order valence-corrected chi connectivity index (χ0v) is 15.3. The normalized spacial score (nSPS) is 10.3. The molecule has 0 aliphatic heterocycles. The lowest BCUT2D eigenvalue weighted by Gasteiger charge is -2.09. The van der Waals surface area contributed by atoms with Crippen LogP contribution in [0.5, 0.6) is 5.75 Å². The lowest BCUT2D eigenvalue weighted by Crippen LogP contribution is -2.20. The Kier molecular flexibility index (Phi) is 5.77. The summed E-state index contributed by atoms with van der Waals surface area (Å²) < 4.78 is 5.35. The molecule has 0 radical (unpaired) electrons. The van der Waals surface area contributed by atoms with Gasteiger partial charge in [0.2, 0.25) is 0 Å². The van der Waals surface area contributed by atoms with Gasteiger partial charge in [-0.3, -0.25) is 4.79 Å². The van der Waals surface area contributed by atoms with Crippen LogP contribution in [0, 0.1) is 25.2 Å². The van der Waals surface area contributed by atoms with Crippen molar-refractivity contribution in [1.82, 2.24) is 0 Å². The molecule has 0 atom stereocenters. The summed E-state index contributed by atoms with van der Waals surface area (Å²) in [6, 6.07) is 4.98. The molecule has 4 nitrogen and oxygen atoms in total. The van der Waals surface area contributed by atoms with Gasteiger partial charge >= 0.3 is 0 Å². The van der Waals surface area contributed by atoms with Gasteiger partial charge in [0.05, 0.1) is 20.6 Å². The van der Waals surface area contributed by atoms with Gasteiger partial charge in [-0.2, -0.15) is 5.26 Å². The highest BCUT2D eigenvalue weighted by Gasteiger charge is 2.15. The number of carbonyl (C=O) groups is 1. The molecule has 0 saturated heterocycles. The third-order valence-electron chi connectivity index (χ3n) is 3.08. The molecular weight excluding hydrogens is 379 g/mol. The summed E-state index contributed by atoms with van der Waals surface area (Å²) in [4.78, 5) is 13.0. The van der Waals surface area contributed by atoms with Crippen LogP contribution < -0.4 is 10.1 Å². The fourth-order valence-corrected chi connectivity index (χ4v) is 3.39. The summed E-state index contributed by atoms with van der Waals surface area (Å²) >= 11 is 19.0. The maximum Gasteiger partial charge on any atom is 0.262 e. The standard InChI is InChI=1S/C15H11Cl3N2O2S/c1-7-8(2)23-15(9(7)5-19)20-14(21)6-22-13-4-11(17)10(16)3-12(13)18/h3-4H,6H2,1-2H3,(H,20,21). The first-order valence-electron chi connectivity index (χ1n) is 6.40. The van der Waals surface area contributed by atoms with Crippen LogP contribution in [0.15, 0.2) is 12.1 Å². The van der Waals surface area contributed by atoms with Crippen LogP contribution in [0.4, 0.5) is 5.00 Å². The van der Waals surface area contributed by atoms with Gasteiger partial charge in [-0.05, 0) is 25.5 Å². The first-order valence-corrected chi connectivity index (χ1v) is 8.35. The molecular formula is C15H11Cl3N2O2S. The van der Waals surface area contributed by atoms with Gasteiger partial charge in [0.1, 0.15) is 16.8 Å². The highest BCUT2D eigenvalue weighted by molar-refractivity contribution is 7.16. The molecule has 1 amide bonds. The van der Waals surface area contributed by atoms with Crippen LogP contribution >= 0.6 is 46.1 Å². The number of nitrogens with one attached hydrogen (secondary N) is 1. The molecule has 2 aromatic rings. The number of hydrogen-bond donors (Lipinski definition) is 1. The van der Waals surface area contributed by atoms with Crippen molar-refractivity contribution >= 4 is 57.0 Å². The number of nitrogens with zero attached hydrogens (tertiary/aromatic N) is 1. The Hall–Kier alpha value is -1.45. The molecule has 23 heavy (non-hydrogen) atoms. The SMILES string of the molecule is Cc1sc(NC(=O)COc2cc(Cl)c(Cl)cc2Cl)c(C#N)c1C. The van der Waals surface area contributed by atoms with Crippen molar-refractivity contribution in [2.45, 2.75) is 13.8 Å². The predicted octanol–water partition coefficient (Wildman–Crippen LogP) is 5.21. The highest BCUT2D eigenvalue weighted by atomic mass is 35.5. The molecule has 8 heteroatoms. The van der Waals surface area contributed by atoms with Gasteiger partial charge < -0.3 is 10.1 Å².